The van der Waals surface area contributed by atoms with Crippen LogP contribution in [0.3, 0.4) is 0 Å². The van der Waals surface area contributed by atoms with Crippen molar-refractivity contribution in [1.82, 2.24) is 9.55 Å². The number of aryl methyl sites for hydroxylation is 1. The molecule has 0 aliphatic carbocycles. The maximum absolute atomic E-state index is 13.4. The molecule has 7 nitrogen and oxygen atoms in total. The molecule has 1 atom stereocenters. The Balaban J connectivity index is 1.78. The van der Waals surface area contributed by atoms with Gasteiger partial charge in [0.05, 0.1) is 29.6 Å². The number of carbonyl (C=O) groups excluding carboxylic acids is 1. The number of benzene rings is 2. The van der Waals surface area contributed by atoms with Crippen molar-refractivity contribution in [2.45, 2.75) is 46.6 Å². The van der Waals surface area contributed by atoms with Crippen molar-refractivity contribution < 1.29 is 9.53 Å². The molecule has 1 N–H and O–H groups in total. The number of rotatable bonds is 5. The summed E-state index contributed by atoms with van der Waals surface area (Å²) in [6.45, 7) is 10.3. The number of hydrogen-bond acceptors (Lipinski definition) is 6. The Kier molecular flexibility index (Phi) is 6.39. The molecule has 4 rings (SSSR count). The third-order valence-electron chi connectivity index (χ3n) is 6.90. The highest BCUT2D eigenvalue weighted by Crippen LogP contribution is 2.33. The minimum Gasteiger partial charge on any atom is -0.465 e. The van der Waals surface area contributed by atoms with Crippen molar-refractivity contribution in [1.29, 1.82) is 0 Å². The Morgan fingerprint density at radius 2 is 1.85 bits per heavy atom. The van der Waals surface area contributed by atoms with Crippen LogP contribution in [0.1, 0.15) is 61.1 Å². The number of nitrogens with one attached hydrogen (secondary N) is 1. The van der Waals surface area contributed by atoms with Crippen LogP contribution in [0.15, 0.2) is 41.2 Å². The van der Waals surface area contributed by atoms with Crippen LogP contribution in [0.4, 0.5) is 11.6 Å². The largest absolute Gasteiger partial charge is 0.465 e. The van der Waals surface area contributed by atoms with Gasteiger partial charge in [0, 0.05) is 31.4 Å². The van der Waals surface area contributed by atoms with Gasteiger partial charge in [-0.25, -0.2) is 9.78 Å². The summed E-state index contributed by atoms with van der Waals surface area (Å²) in [5.41, 5.74) is 4.02. The topological polar surface area (TPSA) is 76.5 Å². The zero-order valence-corrected chi connectivity index (χ0v) is 20.9. The summed E-state index contributed by atoms with van der Waals surface area (Å²) in [4.78, 5) is 32.9. The number of anilines is 2. The number of para-hydroxylation sites is 1. The van der Waals surface area contributed by atoms with E-state index in [1.165, 1.54) is 7.11 Å². The minimum absolute atomic E-state index is 0.0445. The lowest BCUT2D eigenvalue weighted by Crippen LogP contribution is -2.40. The lowest BCUT2D eigenvalue weighted by molar-refractivity contribution is 0.0602. The molecule has 1 unspecified atom stereocenters. The lowest BCUT2D eigenvalue weighted by atomic mass is 9.83. The number of hydrogen-bond donors (Lipinski definition) is 1. The number of methoxy groups -OCH3 is 1. The molecule has 1 aromatic heterocycles. The highest BCUT2D eigenvalue weighted by atomic mass is 16.5. The van der Waals surface area contributed by atoms with Gasteiger partial charge in [0.25, 0.3) is 5.56 Å². The Labute approximate surface area is 200 Å². The molecule has 2 heterocycles. The quantitative estimate of drug-likeness (QED) is 0.548. The molecule has 2 aromatic carbocycles. The zero-order chi connectivity index (χ0) is 24.6. The van der Waals surface area contributed by atoms with Gasteiger partial charge in [0.2, 0.25) is 5.95 Å². The third kappa shape index (κ3) is 4.52. The fraction of sp³-hybridized carbons (Fsp3) is 0.444. The van der Waals surface area contributed by atoms with Crippen LogP contribution in [0, 0.1) is 12.3 Å². The zero-order valence-electron chi connectivity index (χ0n) is 20.9. The highest BCUT2D eigenvalue weighted by molar-refractivity contribution is 5.95. The number of carbonyl (C=O) groups is 1. The van der Waals surface area contributed by atoms with Crippen LogP contribution in [-0.2, 0) is 11.8 Å². The van der Waals surface area contributed by atoms with E-state index in [0.717, 1.165) is 37.1 Å². The Morgan fingerprint density at radius 3 is 2.53 bits per heavy atom. The molecule has 0 spiro atoms. The summed E-state index contributed by atoms with van der Waals surface area (Å²) in [5, 5.41) is 4.05. The first kappa shape index (κ1) is 23.8. The van der Waals surface area contributed by atoms with Crippen molar-refractivity contribution in [3.05, 3.63) is 63.4 Å². The van der Waals surface area contributed by atoms with Crippen LogP contribution in [0.25, 0.3) is 10.9 Å². The molecule has 34 heavy (non-hydrogen) atoms. The van der Waals surface area contributed by atoms with Crippen molar-refractivity contribution >= 4 is 28.5 Å². The average Bonchev–Trinajstić information content (AvgIpc) is 2.81. The maximum atomic E-state index is 13.4. The van der Waals surface area contributed by atoms with E-state index in [-0.39, 0.29) is 11.6 Å². The van der Waals surface area contributed by atoms with Crippen LogP contribution >= 0.6 is 0 Å². The van der Waals surface area contributed by atoms with E-state index in [1.54, 1.807) is 17.7 Å². The van der Waals surface area contributed by atoms with Gasteiger partial charge in [-0.15, -0.1) is 0 Å². The van der Waals surface area contributed by atoms with Gasteiger partial charge >= 0.3 is 5.97 Å². The SMILES string of the molecule is COC(=O)c1ccccc1NC(C)c1cc(C)cc2c(=O)n(C)c(N3CCC(C)(C)CC3)nc12. The second kappa shape index (κ2) is 9.12. The monoisotopic (exact) mass is 462 g/mol. The van der Waals surface area contributed by atoms with E-state index in [2.05, 4.69) is 30.1 Å². The minimum atomic E-state index is -0.397. The molecule has 1 fully saturated rings. The normalized spacial score (nSPS) is 16.4. The van der Waals surface area contributed by atoms with E-state index >= 15 is 0 Å². The summed E-state index contributed by atoms with van der Waals surface area (Å²) in [6, 6.07) is 11.1. The predicted molar refractivity (Wildman–Crippen MR) is 137 cm³/mol. The molecular formula is C27H34N4O3. The molecule has 3 aromatic rings. The van der Waals surface area contributed by atoms with Crippen molar-refractivity contribution in [2.75, 3.05) is 30.4 Å². The summed E-state index contributed by atoms with van der Waals surface area (Å²) >= 11 is 0. The first-order chi connectivity index (χ1) is 16.1. The summed E-state index contributed by atoms with van der Waals surface area (Å²) < 4.78 is 6.61. The molecule has 0 amide bonds. The van der Waals surface area contributed by atoms with Crippen molar-refractivity contribution in [2.24, 2.45) is 12.5 Å². The molecule has 0 bridgehead atoms. The summed E-state index contributed by atoms with van der Waals surface area (Å²) in [6.07, 6.45) is 2.12. The van der Waals surface area contributed by atoms with Crippen LogP contribution in [-0.4, -0.2) is 35.7 Å². The third-order valence-corrected chi connectivity index (χ3v) is 6.90. The van der Waals surface area contributed by atoms with Crippen molar-refractivity contribution in [3.63, 3.8) is 0 Å². The molecule has 180 valence electrons. The highest BCUT2D eigenvalue weighted by Gasteiger charge is 2.28. The molecule has 1 aliphatic rings. The Hall–Kier alpha value is -3.35. The predicted octanol–water partition coefficient (Wildman–Crippen LogP) is 4.83. The summed E-state index contributed by atoms with van der Waals surface area (Å²) in [7, 11) is 3.18. The van der Waals surface area contributed by atoms with Gasteiger partial charge in [0.1, 0.15) is 0 Å². The van der Waals surface area contributed by atoms with Gasteiger partial charge in [0.15, 0.2) is 0 Å². The van der Waals surface area contributed by atoms with Crippen LogP contribution < -0.4 is 15.8 Å². The fourth-order valence-corrected chi connectivity index (χ4v) is 4.67. The number of esters is 1. The maximum Gasteiger partial charge on any atom is 0.339 e. The van der Waals surface area contributed by atoms with Crippen LogP contribution in [0.2, 0.25) is 0 Å². The molecule has 0 saturated carbocycles. The molecule has 1 saturated heterocycles. The fourth-order valence-electron chi connectivity index (χ4n) is 4.67. The van der Waals surface area contributed by atoms with E-state index in [0.29, 0.717) is 33.5 Å². The Morgan fingerprint density at radius 1 is 1.18 bits per heavy atom. The molecule has 7 heteroatoms. The van der Waals surface area contributed by atoms with Crippen LogP contribution in [0.5, 0.6) is 0 Å². The molecule has 1 aliphatic heterocycles. The molecule has 0 radical (unpaired) electrons. The van der Waals surface area contributed by atoms with Gasteiger partial charge in [-0.1, -0.05) is 32.0 Å². The first-order valence-electron chi connectivity index (χ1n) is 11.8. The summed E-state index contributed by atoms with van der Waals surface area (Å²) in [5.74, 6) is 0.312. The molecular weight excluding hydrogens is 428 g/mol. The van der Waals surface area contributed by atoms with E-state index < -0.39 is 5.97 Å². The first-order valence-corrected chi connectivity index (χ1v) is 11.8. The lowest BCUT2D eigenvalue weighted by Gasteiger charge is -2.38. The van der Waals surface area contributed by atoms with Gasteiger partial charge in [-0.05, 0) is 55.9 Å². The van der Waals surface area contributed by atoms with E-state index in [1.807, 2.05) is 38.1 Å². The Bertz CT molecular complexity index is 1290. The van der Waals surface area contributed by atoms with E-state index in [9.17, 15) is 9.59 Å². The second-order valence-electron chi connectivity index (χ2n) is 10.1. The van der Waals surface area contributed by atoms with E-state index in [4.69, 9.17) is 9.72 Å². The number of aromatic nitrogens is 2. The number of ether oxygens (including phenoxy) is 1. The van der Waals surface area contributed by atoms with Gasteiger partial charge in [-0.3, -0.25) is 9.36 Å². The average molecular weight is 463 g/mol. The van der Waals surface area contributed by atoms with Gasteiger partial charge in [-0.2, -0.15) is 0 Å². The number of nitrogens with zero attached hydrogens (tertiary/aromatic N) is 3. The van der Waals surface area contributed by atoms with Gasteiger partial charge < -0.3 is 15.0 Å². The number of fused-ring (bicyclic) bond motifs is 1. The van der Waals surface area contributed by atoms with Crippen molar-refractivity contribution in [3.8, 4) is 0 Å². The second-order valence-corrected chi connectivity index (χ2v) is 10.1. The number of piperidine rings is 1. The smallest absolute Gasteiger partial charge is 0.339 e. The standard InChI is InChI=1S/C27H34N4O3/c1-17-15-20(18(2)28-22-10-8-7-9-19(22)25(33)34-6)23-21(16-17)24(32)30(5)26(29-23)31-13-11-27(3,4)12-14-31/h7-10,15-16,18,28H,11-14H2,1-6H3.